The van der Waals surface area contributed by atoms with E-state index in [9.17, 15) is 4.79 Å². The van der Waals surface area contributed by atoms with E-state index in [0.29, 0.717) is 0 Å². The third-order valence-electron chi connectivity index (χ3n) is 1.27. The Bertz CT molecular complexity index is 296. The van der Waals surface area contributed by atoms with Gasteiger partial charge in [-0.15, -0.1) is 0 Å². The second kappa shape index (κ2) is 4.28. The quantitative estimate of drug-likeness (QED) is 0.489. The van der Waals surface area contributed by atoms with Crippen molar-refractivity contribution in [3.05, 3.63) is 42.8 Å². The summed E-state index contributed by atoms with van der Waals surface area (Å²) in [5.41, 5.74) is 0. The molecule has 0 bridgehead atoms. The maximum absolute atomic E-state index is 11.2. The van der Waals surface area contributed by atoms with Crippen LogP contribution in [0.4, 0.5) is 0 Å². The molecule has 1 aromatic heterocycles. The Morgan fingerprint density at radius 1 is 1.50 bits per heavy atom. The predicted molar refractivity (Wildman–Crippen MR) is 46.8 cm³/mol. The molecule has 0 saturated carbocycles. The Hall–Kier alpha value is -1.64. The highest BCUT2D eigenvalue weighted by Crippen LogP contribution is 1.86. The second-order valence-corrected chi connectivity index (χ2v) is 2.17. The highest BCUT2D eigenvalue weighted by molar-refractivity contribution is 5.89. The summed E-state index contributed by atoms with van der Waals surface area (Å²) < 4.78 is 1.28. The molecule has 0 aliphatic carbocycles. The fourth-order valence-electron chi connectivity index (χ4n) is 0.725. The SMILES string of the molecule is C/C=C/C=C/C(=O)n1cccn1. The van der Waals surface area contributed by atoms with Crippen molar-refractivity contribution in [3.63, 3.8) is 0 Å². The van der Waals surface area contributed by atoms with Crippen LogP contribution in [0.1, 0.15) is 11.7 Å². The smallest absolute Gasteiger partial charge is 0.267 e. The van der Waals surface area contributed by atoms with E-state index in [0.717, 1.165) is 0 Å². The van der Waals surface area contributed by atoms with Crippen LogP contribution in [0.3, 0.4) is 0 Å². The number of carbonyl (C=O) groups is 1. The zero-order valence-electron chi connectivity index (χ0n) is 6.84. The molecule has 0 unspecified atom stereocenters. The van der Waals surface area contributed by atoms with Crippen LogP contribution in [0.15, 0.2) is 42.8 Å². The van der Waals surface area contributed by atoms with Crippen molar-refractivity contribution >= 4 is 5.91 Å². The van der Waals surface area contributed by atoms with Crippen molar-refractivity contribution in [2.75, 3.05) is 0 Å². The van der Waals surface area contributed by atoms with Gasteiger partial charge in [-0.2, -0.15) is 5.10 Å². The number of allylic oxidation sites excluding steroid dienone is 4. The van der Waals surface area contributed by atoms with Gasteiger partial charge in [0, 0.05) is 18.5 Å². The van der Waals surface area contributed by atoms with E-state index in [2.05, 4.69) is 5.10 Å². The van der Waals surface area contributed by atoms with E-state index in [1.807, 2.05) is 13.0 Å². The van der Waals surface area contributed by atoms with Crippen LogP contribution < -0.4 is 0 Å². The van der Waals surface area contributed by atoms with Crippen LogP contribution in [0.25, 0.3) is 0 Å². The van der Waals surface area contributed by atoms with Gasteiger partial charge in [0.1, 0.15) is 0 Å². The first-order chi connectivity index (χ1) is 5.84. The lowest BCUT2D eigenvalue weighted by Crippen LogP contribution is -2.06. The number of aromatic nitrogens is 2. The molecule has 0 aliphatic rings. The predicted octanol–water partition coefficient (Wildman–Crippen LogP) is 1.66. The first-order valence-corrected chi connectivity index (χ1v) is 3.68. The van der Waals surface area contributed by atoms with Gasteiger partial charge in [-0.05, 0) is 13.0 Å². The van der Waals surface area contributed by atoms with Gasteiger partial charge < -0.3 is 0 Å². The molecule has 0 aliphatic heterocycles. The molecule has 62 valence electrons. The van der Waals surface area contributed by atoms with Gasteiger partial charge in [-0.3, -0.25) is 4.79 Å². The monoisotopic (exact) mass is 162 g/mol. The Kier molecular flexibility index (Phi) is 3.02. The third-order valence-corrected chi connectivity index (χ3v) is 1.27. The summed E-state index contributed by atoms with van der Waals surface area (Å²) in [7, 11) is 0. The molecule has 0 aromatic carbocycles. The topological polar surface area (TPSA) is 34.9 Å². The van der Waals surface area contributed by atoms with E-state index >= 15 is 0 Å². The van der Waals surface area contributed by atoms with Crippen molar-refractivity contribution < 1.29 is 4.79 Å². The summed E-state index contributed by atoms with van der Waals surface area (Å²) in [5.74, 6) is -0.141. The lowest BCUT2D eigenvalue weighted by molar-refractivity contribution is 0.0954. The summed E-state index contributed by atoms with van der Waals surface area (Å²) in [6, 6.07) is 1.71. The van der Waals surface area contributed by atoms with E-state index in [4.69, 9.17) is 0 Å². The Morgan fingerprint density at radius 3 is 2.92 bits per heavy atom. The van der Waals surface area contributed by atoms with Crippen LogP contribution >= 0.6 is 0 Å². The van der Waals surface area contributed by atoms with Gasteiger partial charge in [0.2, 0.25) is 0 Å². The van der Waals surface area contributed by atoms with Crippen molar-refractivity contribution in [1.29, 1.82) is 0 Å². The standard InChI is InChI=1S/C9H10N2O/c1-2-3-4-6-9(12)11-8-5-7-10-11/h2-8H,1H3/b3-2+,6-4+. The van der Waals surface area contributed by atoms with E-state index in [-0.39, 0.29) is 5.91 Å². The molecule has 1 aromatic rings. The van der Waals surface area contributed by atoms with Crippen LogP contribution in [0.5, 0.6) is 0 Å². The summed E-state index contributed by atoms with van der Waals surface area (Å²) in [4.78, 5) is 11.2. The summed E-state index contributed by atoms with van der Waals surface area (Å²) in [6.45, 7) is 1.89. The van der Waals surface area contributed by atoms with E-state index < -0.39 is 0 Å². The Morgan fingerprint density at radius 2 is 2.33 bits per heavy atom. The number of carbonyl (C=O) groups excluding carboxylic acids is 1. The summed E-state index contributed by atoms with van der Waals surface area (Å²) in [5, 5.41) is 3.79. The molecule has 1 rings (SSSR count). The molecule has 0 saturated heterocycles. The molecule has 12 heavy (non-hydrogen) atoms. The molecule has 0 fully saturated rings. The molecule has 0 spiro atoms. The molecule has 3 nitrogen and oxygen atoms in total. The lowest BCUT2D eigenvalue weighted by atomic mass is 10.4. The minimum Gasteiger partial charge on any atom is -0.267 e. The first-order valence-electron chi connectivity index (χ1n) is 3.68. The van der Waals surface area contributed by atoms with Gasteiger partial charge in [0.15, 0.2) is 0 Å². The summed E-state index contributed by atoms with van der Waals surface area (Å²) in [6.07, 6.45) is 9.98. The van der Waals surface area contributed by atoms with Gasteiger partial charge in [-0.25, -0.2) is 4.68 Å². The van der Waals surface area contributed by atoms with Crippen LogP contribution in [0.2, 0.25) is 0 Å². The highest BCUT2D eigenvalue weighted by atomic mass is 16.2. The second-order valence-electron chi connectivity index (χ2n) is 2.17. The average molecular weight is 162 g/mol. The van der Waals surface area contributed by atoms with Gasteiger partial charge in [0.05, 0.1) is 0 Å². The minimum atomic E-state index is -0.141. The zero-order chi connectivity index (χ0) is 8.81. The molecule has 1 heterocycles. The van der Waals surface area contributed by atoms with Crippen LogP contribution in [0, 0.1) is 0 Å². The number of nitrogens with zero attached hydrogens (tertiary/aromatic N) is 2. The zero-order valence-corrected chi connectivity index (χ0v) is 6.84. The first kappa shape index (κ1) is 8.46. The lowest BCUT2D eigenvalue weighted by Gasteiger charge is -1.90. The number of hydrogen-bond acceptors (Lipinski definition) is 2. The molecule has 3 heteroatoms. The van der Waals surface area contributed by atoms with E-state index in [1.165, 1.54) is 10.8 Å². The van der Waals surface area contributed by atoms with E-state index in [1.54, 1.807) is 30.6 Å². The fourth-order valence-corrected chi connectivity index (χ4v) is 0.725. The molecule has 0 radical (unpaired) electrons. The summed E-state index contributed by atoms with van der Waals surface area (Å²) >= 11 is 0. The largest absolute Gasteiger partial charge is 0.270 e. The van der Waals surface area contributed by atoms with Gasteiger partial charge >= 0.3 is 0 Å². The third kappa shape index (κ3) is 2.20. The molecule has 0 atom stereocenters. The minimum absolute atomic E-state index is 0.141. The molecule has 0 N–H and O–H groups in total. The van der Waals surface area contributed by atoms with Crippen LogP contribution in [-0.2, 0) is 0 Å². The molecular formula is C9H10N2O. The maximum Gasteiger partial charge on any atom is 0.270 e. The van der Waals surface area contributed by atoms with Crippen molar-refractivity contribution in [1.82, 2.24) is 9.78 Å². The van der Waals surface area contributed by atoms with Gasteiger partial charge in [0.25, 0.3) is 5.91 Å². The van der Waals surface area contributed by atoms with Crippen LogP contribution in [-0.4, -0.2) is 15.7 Å². The highest BCUT2D eigenvalue weighted by Gasteiger charge is 1.95. The maximum atomic E-state index is 11.2. The average Bonchev–Trinajstić information content (AvgIpc) is 2.56. The molecule has 0 amide bonds. The van der Waals surface area contributed by atoms with Crippen molar-refractivity contribution in [3.8, 4) is 0 Å². The number of rotatable bonds is 2. The fraction of sp³-hybridized carbons (Fsp3) is 0.111. The van der Waals surface area contributed by atoms with Gasteiger partial charge in [-0.1, -0.05) is 18.2 Å². The normalized spacial score (nSPS) is 11.4. The molecular weight excluding hydrogens is 152 g/mol. The number of hydrogen-bond donors (Lipinski definition) is 0. The van der Waals surface area contributed by atoms with Crippen molar-refractivity contribution in [2.24, 2.45) is 0 Å². The Balaban J connectivity index is 2.61. The van der Waals surface area contributed by atoms with Crippen molar-refractivity contribution in [2.45, 2.75) is 6.92 Å². The Labute approximate surface area is 71.0 Å².